The number of hydrogen-bond acceptors (Lipinski definition) is 2. The van der Waals surface area contributed by atoms with Crippen LogP contribution >= 0.6 is 0 Å². The highest BCUT2D eigenvalue weighted by molar-refractivity contribution is 5.78. The van der Waals surface area contributed by atoms with Crippen LogP contribution in [0.3, 0.4) is 0 Å². The largest absolute Gasteiger partial charge is 0.458 e. The first kappa shape index (κ1) is 10.8. The molecule has 2 N–H and O–H groups in total. The van der Waals surface area contributed by atoms with Gasteiger partial charge in [-0.25, -0.2) is 4.39 Å². The average molecular weight is 233 g/mol. The van der Waals surface area contributed by atoms with Crippen molar-refractivity contribution in [3.63, 3.8) is 0 Å². The Morgan fingerprint density at radius 2 is 2.06 bits per heavy atom. The molecule has 0 saturated heterocycles. The van der Waals surface area contributed by atoms with Crippen molar-refractivity contribution in [1.29, 1.82) is 0 Å². The first-order chi connectivity index (χ1) is 8.25. The molecular weight excluding hydrogens is 217 g/mol. The van der Waals surface area contributed by atoms with E-state index in [2.05, 4.69) is 0 Å². The molecule has 0 amide bonds. The Labute approximate surface area is 99.6 Å². The minimum atomic E-state index is -0.293. The summed E-state index contributed by atoms with van der Waals surface area (Å²) in [5, 5.41) is 0.831. The maximum atomic E-state index is 13.5. The van der Waals surface area contributed by atoms with Gasteiger partial charge in [0.25, 0.3) is 0 Å². The van der Waals surface area contributed by atoms with Crippen molar-refractivity contribution >= 4 is 11.0 Å². The summed E-state index contributed by atoms with van der Waals surface area (Å²) in [7, 11) is 0. The molecule has 90 valence electrons. The van der Waals surface area contributed by atoms with Crippen molar-refractivity contribution in [1.82, 2.24) is 0 Å². The van der Waals surface area contributed by atoms with Crippen molar-refractivity contribution in [2.24, 2.45) is 5.73 Å². The minimum Gasteiger partial charge on any atom is -0.458 e. The predicted molar refractivity (Wildman–Crippen MR) is 65.4 cm³/mol. The van der Waals surface area contributed by atoms with E-state index in [1.807, 2.05) is 12.1 Å². The van der Waals surface area contributed by atoms with Crippen molar-refractivity contribution < 1.29 is 8.81 Å². The van der Waals surface area contributed by atoms with Gasteiger partial charge in [-0.15, -0.1) is 0 Å². The van der Waals surface area contributed by atoms with Crippen LogP contribution < -0.4 is 5.73 Å². The zero-order valence-corrected chi connectivity index (χ0v) is 9.66. The van der Waals surface area contributed by atoms with Crippen molar-refractivity contribution in [3.05, 3.63) is 35.8 Å². The van der Waals surface area contributed by atoms with Gasteiger partial charge in [0.2, 0.25) is 0 Å². The van der Waals surface area contributed by atoms with E-state index >= 15 is 0 Å². The average Bonchev–Trinajstić information content (AvgIpc) is 2.75. The number of hydrogen-bond donors (Lipinski definition) is 1. The van der Waals surface area contributed by atoms with Crippen LogP contribution in [0.25, 0.3) is 11.0 Å². The highest BCUT2D eigenvalue weighted by atomic mass is 19.1. The highest BCUT2D eigenvalue weighted by Crippen LogP contribution is 2.35. The molecule has 1 aromatic heterocycles. The summed E-state index contributed by atoms with van der Waals surface area (Å²) < 4.78 is 19.2. The molecule has 0 aliphatic heterocycles. The van der Waals surface area contributed by atoms with E-state index in [0.717, 1.165) is 24.0 Å². The van der Waals surface area contributed by atoms with Crippen LogP contribution in [0.4, 0.5) is 4.39 Å². The molecule has 2 unspecified atom stereocenters. The molecule has 2 nitrogen and oxygen atoms in total. The Morgan fingerprint density at radius 3 is 2.82 bits per heavy atom. The van der Waals surface area contributed by atoms with Crippen molar-refractivity contribution in [3.8, 4) is 0 Å². The Balaban J connectivity index is 2.02. The maximum absolute atomic E-state index is 13.5. The molecule has 1 aromatic carbocycles. The summed E-state index contributed by atoms with van der Waals surface area (Å²) in [4.78, 5) is 0. The van der Waals surface area contributed by atoms with Gasteiger partial charge in [-0.2, -0.15) is 0 Å². The summed E-state index contributed by atoms with van der Waals surface area (Å²) in [6.45, 7) is 0. The van der Waals surface area contributed by atoms with E-state index in [1.165, 1.54) is 18.9 Å². The fourth-order valence-electron chi connectivity index (χ4n) is 2.74. The third-order valence-corrected chi connectivity index (χ3v) is 3.70. The smallest absolute Gasteiger partial charge is 0.169 e. The highest BCUT2D eigenvalue weighted by Gasteiger charge is 2.26. The summed E-state index contributed by atoms with van der Waals surface area (Å²) in [6, 6.07) is 7.09. The lowest BCUT2D eigenvalue weighted by Crippen LogP contribution is -2.31. The van der Waals surface area contributed by atoms with Gasteiger partial charge in [0, 0.05) is 17.3 Å². The molecule has 3 heteroatoms. The Kier molecular flexibility index (Phi) is 2.63. The molecule has 17 heavy (non-hydrogen) atoms. The SMILES string of the molecule is NC1CCCCC1c1cc2cccc(F)c2o1. The number of halogens is 1. The molecular formula is C14H16FNO. The Hall–Kier alpha value is -1.35. The van der Waals surface area contributed by atoms with E-state index in [1.54, 1.807) is 6.07 Å². The van der Waals surface area contributed by atoms with Crippen LogP contribution in [0.15, 0.2) is 28.7 Å². The van der Waals surface area contributed by atoms with Gasteiger partial charge in [0.1, 0.15) is 5.76 Å². The first-order valence-electron chi connectivity index (χ1n) is 6.19. The number of rotatable bonds is 1. The van der Waals surface area contributed by atoms with E-state index < -0.39 is 0 Å². The third-order valence-electron chi connectivity index (χ3n) is 3.70. The molecule has 0 spiro atoms. The number of fused-ring (bicyclic) bond motifs is 1. The van der Waals surface area contributed by atoms with E-state index in [-0.39, 0.29) is 17.8 Å². The van der Waals surface area contributed by atoms with Crippen molar-refractivity contribution in [2.75, 3.05) is 0 Å². The number of furan rings is 1. The van der Waals surface area contributed by atoms with Gasteiger partial charge < -0.3 is 10.2 Å². The molecule has 3 rings (SSSR count). The number of benzene rings is 1. The second-order valence-corrected chi connectivity index (χ2v) is 4.86. The number of para-hydroxylation sites is 1. The van der Waals surface area contributed by atoms with Crippen LogP contribution in [0.2, 0.25) is 0 Å². The molecule has 2 aromatic rings. The fraction of sp³-hybridized carbons (Fsp3) is 0.429. The molecule has 1 aliphatic rings. The lowest BCUT2D eigenvalue weighted by molar-refractivity contribution is 0.340. The topological polar surface area (TPSA) is 39.2 Å². The molecule has 0 radical (unpaired) electrons. The van der Waals surface area contributed by atoms with E-state index in [0.29, 0.717) is 5.58 Å². The minimum absolute atomic E-state index is 0.146. The van der Waals surface area contributed by atoms with Crippen molar-refractivity contribution in [2.45, 2.75) is 37.6 Å². The summed E-state index contributed by atoms with van der Waals surface area (Å²) in [5.41, 5.74) is 6.48. The molecule has 1 saturated carbocycles. The summed E-state index contributed by atoms with van der Waals surface area (Å²) in [6.07, 6.45) is 4.44. The predicted octanol–water partition coefficient (Wildman–Crippen LogP) is 3.56. The van der Waals surface area contributed by atoms with Gasteiger partial charge in [-0.1, -0.05) is 25.0 Å². The van der Waals surface area contributed by atoms with Crippen LogP contribution in [0.5, 0.6) is 0 Å². The number of nitrogens with two attached hydrogens (primary N) is 1. The van der Waals surface area contributed by atoms with Crippen LogP contribution in [0.1, 0.15) is 37.4 Å². The Morgan fingerprint density at radius 1 is 1.24 bits per heavy atom. The second-order valence-electron chi connectivity index (χ2n) is 4.86. The lowest BCUT2D eigenvalue weighted by Gasteiger charge is -2.26. The van der Waals surface area contributed by atoms with Crippen LogP contribution in [-0.4, -0.2) is 6.04 Å². The van der Waals surface area contributed by atoms with Crippen LogP contribution in [-0.2, 0) is 0 Å². The van der Waals surface area contributed by atoms with Gasteiger partial charge in [0.15, 0.2) is 11.4 Å². The maximum Gasteiger partial charge on any atom is 0.169 e. The van der Waals surface area contributed by atoms with Crippen LogP contribution in [0, 0.1) is 5.82 Å². The standard InChI is InChI=1S/C14H16FNO/c15-11-6-3-4-9-8-13(17-14(9)11)10-5-1-2-7-12(10)16/h3-4,6,8,10,12H,1-2,5,7,16H2. The monoisotopic (exact) mass is 233 g/mol. The van der Waals surface area contributed by atoms with Gasteiger partial charge in [-0.05, 0) is 25.0 Å². The van der Waals surface area contributed by atoms with E-state index in [4.69, 9.17) is 10.2 Å². The molecule has 1 fully saturated rings. The Bertz CT molecular complexity index is 534. The molecule has 2 atom stereocenters. The molecule has 0 bridgehead atoms. The first-order valence-corrected chi connectivity index (χ1v) is 6.19. The van der Waals surface area contributed by atoms with Gasteiger partial charge in [-0.3, -0.25) is 0 Å². The second kappa shape index (κ2) is 4.15. The zero-order valence-electron chi connectivity index (χ0n) is 9.66. The lowest BCUT2D eigenvalue weighted by atomic mass is 9.83. The van der Waals surface area contributed by atoms with Gasteiger partial charge in [0.05, 0.1) is 0 Å². The zero-order chi connectivity index (χ0) is 11.8. The summed E-state index contributed by atoms with van der Waals surface area (Å²) in [5.74, 6) is 0.797. The fourth-order valence-corrected chi connectivity index (χ4v) is 2.74. The summed E-state index contributed by atoms with van der Waals surface area (Å²) >= 11 is 0. The third kappa shape index (κ3) is 1.84. The van der Waals surface area contributed by atoms with E-state index in [9.17, 15) is 4.39 Å². The normalized spacial score (nSPS) is 25.3. The molecule has 1 heterocycles. The molecule has 1 aliphatic carbocycles. The van der Waals surface area contributed by atoms with Gasteiger partial charge >= 0.3 is 0 Å². The quantitative estimate of drug-likeness (QED) is 0.818.